The first kappa shape index (κ1) is 14.7. The Hall–Kier alpha value is -1.68. The van der Waals surface area contributed by atoms with Crippen LogP contribution in [0.5, 0.6) is 0 Å². The Balaban J connectivity index is 1.79. The highest BCUT2D eigenvalue weighted by Gasteiger charge is 2.07. The van der Waals surface area contributed by atoms with Crippen LogP contribution in [0.1, 0.15) is 41.8 Å². The molecule has 0 aliphatic carbocycles. The zero-order valence-corrected chi connectivity index (χ0v) is 12.3. The number of aromatic amines is 1. The molecule has 0 aliphatic heterocycles. The lowest BCUT2D eigenvalue weighted by Crippen LogP contribution is -2.20. The Morgan fingerprint density at radius 2 is 2.15 bits per heavy atom. The Morgan fingerprint density at radius 3 is 2.80 bits per heavy atom. The molecule has 0 aliphatic rings. The number of nitrogens with zero attached hydrogens (tertiary/aromatic N) is 1. The number of aromatic nitrogens is 2. The molecule has 108 valence electrons. The van der Waals surface area contributed by atoms with E-state index in [-0.39, 0.29) is 11.9 Å². The van der Waals surface area contributed by atoms with E-state index in [2.05, 4.69) is 22.4 Å². The third kappa shape index (κ3) is 3.67. The molecule has 1 atom stereocenters. The summed E-state index contributed by atoms with van der Waals surface area (Å²) in [6.45, 7) is 6.78. The van der Waals surface area contributed by atoms with Crippen LogP contribution in [0.4, 0.5) is 4.39 Å². The van der Waals surface area contributed by atoms with Crippen molar-refractivity contribution >= 4 is 0 Å². The molecule has 0 amide bonds. The molecule has 4 heteroatoms. The standard InChI is InChI=1S/C16H22FN3/c1-11-6-7-14(9-16(11)17)12(2)18-8-4-5-15-10-19-20-13(15)3/h6-7,9-10,12,18H,4-5,8H2,1-3H3,(H,19,20). The second-order valence-corrected chi connectivity index (χ2v) is 5.31. The topological polar surface area (TPSA) is 40.7 Å². The Morgan fingerprint density at radius 1 is 1.35 bits per heavy atom. The fourth-order valence-electron chi connectivity index (χ4n) is 2.22. The van der Waals surface area contributed by atoms with Gasteiger partial charge in [0.1, 0.15) is 5.82 Å². The fraction of sp³-hybridized carbons (Fsp3) is 0.438. The SMILES string of the molecule is Cc1ccc(C(C)NCCCc2cn[nH]c2C)cc1F. The minimum Gasteiger partial charge on any atom is -0.310 e. The van der Waals surface area contributed by atoms with Crippen LogP contribution >= 0.6 is 0 Å². The lowest BCUT2D eigenvalue weighted by Gasteiger charge is -2.14. The van der Waals surface area contributed by atoms with Crippen LogP contribution in [0, 0.1) is 19.7 Å². The van der Waals surface area contributed by atoms with Crippen LogP contribution in [0.3, 0.4) is 0 Å². The summed E-state index contributed by atoms with van der Waals surface area (Å²) in [7, 11) is 0. The van der Waals surface area contributed by atoms with Crippen molar-refractivity contribution in [2.45, 2.75) is 39.7 Å². The third-order valence-electron chi connectivity index (χ3n) is 3.70. The van der Waals surface area contributed by atoms with Gasteiger partial charge in [-0.1, -0.05) is 12.1 Å². The number of benzene rings is 1. The molecule has 2 rings (SSSR count). The van der Waals surface area contributed by atoms with Gasteiger partial charge in [-0.2, -0.15) is 5.10 Å². The van der Waals surface area contributed by atoms with Gasteiger partial charge in [0.15, 0.2) is 0 Å². The summed E-state index contributed by atoms with van der Waals surface area (Å²) in [5.41, 5.74) is 4.09. The van der Waals surface area contributed by atoms with Gasteiger partial charge in [0.2, 0.25) is 0 Å². The Bertz CT molecular complexity index is 563. The van der Waals surface area contributed by atoms with Gasteiger partial charge in [-0.15, -0.1) is 0 Å². The Labute approximate surface area is 119 Å². The number of halogens is 1. The molecule has 1 unspecified atom stereocenters. The first-order chi connectivity index (χ1) is 9.58. The van der Waals surface area contributed by atoms with E-state index in [1.807, 2.05) is 25.3 Å². The monoisotopic (exact) mass is 275 g/mol. The lowest BCUT2D eigenvalue weighted by molar-refractivity contribution is 0.550. The van der Waals surface area contributed by atoms with Crippen LogP contribution in [0.2, 0.25) is 0 Å². The molecule has 0 spiro atoms. The summed E-state index contributed by atoms with van der Waals surface area (Å²) < 4.78 is 13.5. The number of nitrogens with one attached hydrogen (secondary N) is 2. The van der Waals surface area contributed by atoms with Gasteiger partial charge in [-0.25, -0.2) is 4.39 Å². The van der Waals surface area contributed by atoms with Crippen molar-refractivity contribution in [3.63, 3.8) is 0 Å². The number of rotatable bonds is 6. The van der Waals surface area contributed by atoms with Gasteiger partial charge in [-0.05, 0) is 62.9 Å². The van der Waals surface area contributed by atoms with E-state index in [0.717, 1.165) is 30.6 Å². The Kier molecular flexibility index (Phi) is 4.90. The first-order valence-electron chi connectivity index (χ1n) is 7.06. The molecule has 2 N–H and O–H groups in total. The van der Waals surface area contributed by atoms with Crippen molar-refractivity contribution in [3.8, 4) is 0 Å². The van der Waals surface area contributed by atoms with E-state index in [0.29, 0.717) is 5.56 Å². The molecule has 3 nitrogen and oxygen atoms in total. The van der Waals surface area contributed by atoms with Gasteiger partial charge in [0.05, 0.1) is 6.20 Å². The van der Waals surface area contributed by atoms with Gasteiger partial charge in [0, 0.05) is 11.7 Å². The van der Waals surface area contributed by atoms with Crippen LogP contribution < -0.4 is 5.32 Å². The molecular weight excluding hydrogens is 253 g/mol. The zero-order chi connectivity index (χ0) is 14.5. The normalized spacial score (nSPS) is 12.6. The summed E-state index contributed by atoms with van der Waals surface area (Å²) in [5.74, 6) is -0.134. The molecule has 0 radical (unpaired) electrons. The molecule has 0 saturated carbocycles. The molecule has 1 heterocycles. The van der Waals surface area contributed by atoms with Crippen molar-refractivity contribution in [3.05, 3.63) is 52.6 Å². The van der Waals surface area contributed by atoms with Crippen molar-refractivity contribution in [2.75, 3.05) is 6.54 Å². The summed E-state index contributed by atoms with van der Waals surface area (Å²) in [6, 6.07) is 5.59. The van der Waals surface area contributed by atoms with Crippen LogP contribution in [-0.4, -0.2) is 16.7 Å². The largest absolute Gasteiger partial charge is 0.310 e. The predicted molar refractivity (Wildman–Crippen MR) is 79.2 cm³/mol. The number of hydrogen-bond donors (Lipinski definition) is 2. The maximum Gasteiger partial charge on any atom is 0.126 e. The van der Waals surface area contributed by atoms with Crippen molar-refractivity contribution in [1.29, 1.82) is 0 Å². The van der Waals surface area contributed by atoms with Gasteiger partial charge >= 0.3 is 0 Å². The molecule has 20 heavy (non-hydrogen) atoms. The minimum atomic E-state index is -0.134. The number of hydrogen-bond acceptors (Lipinski definition) is 2. The molecule has 1 aromatic carbocycles. The average molecular weight is 275 g/mol. The molecule has 1 aromatic heterocycles. The van der Waals surface area contributed by atoms with E-state index in [4.69, 9.17) is 0 Å². The van der Waals surface area contributed by atoms with Crippen LogP contribution in [0.25, 0.3) is 0 Å². The van der Waals surface area contributed by atoms with E-state index >= 15 is 0 Å². The smallest absolute Gasteiger partial charge is 0.126 e. The molecular formula is C16H22FN3. The quantitative estimate of drug-likeness (QED) is 0.793. The van der Waals surface area contributed by atoms with E-state index in [1.54, 1.807) is 13.0 Å². The second-order valence-electron chi connectivity index (χ2n) is 5.31. The van der Waals surface area contributed by atoms with Gasteiger partial charge < -0.3 is 5.32 Å². The highest BCUT2D eigenvalue weighted by atomic mass is 19.1. The van der Waals surface area contributed by atoms with Crippen molar-refractivity contribution in [1.82, 2.24) is 15.5 Å². The van der Waals surface area contributed by atoms with E-state index in [1.165, 1.54) is 5.56 Å². The predicted octanol–water partition coefficient (Wildman–Crippen LogP) is 3.45. The molecule has 2 aromatic rings. The molecule has 0 fully saturated rings. The average Bonchev–Trinajstić information content (AvgIpc) is 2.83. The number of aryl methyl sites for hydroxylation is 3. The molecule has 0 bridgehead atoms. The van der Waals surface area contributed by atoms with Crippen molar-refractivity contribution < 1.29 is 4.39 Å². The second kappa shape index (κ2) is 6.66. The van der Waals surface area contributed by atoms with Gasteiger partial charge in [0.25, 0.3) is 0 Å². The first-order valence-corrected chi connectivity index (χ1v) is 7.06. The van der Waals surface area contributed by atoms with Crippen LogP contribution in [0.15, 0.2) is 24.4 Å². The maximum atomic E-state index is 13.5. The fourth-order valence-corrected chi connectivity index (χ4v) is 2.22. The van der Waals surface area contributed by atoms with Crippen LogP contribution in [-0.2, 0) is 6.42 Å². The zero-order valence-electron chi connectivity index (χ0n) is 12.3. The third-order valence-corrected chi connectivity index (χ3v) is 3.70. The van der Waals surface area contributed by atoms with Gasteiger partial charge in [-0.3, -0.25) is 5.10 Å². The number of H-pyrrole nitrogens is 1. The highest BCUT2D eigenvalue weighted by Crippen LogP contribution is 2.16. The highest BCUT2D eigenvalue weighted by molar-refractivity contribution is 5.25. The summed E-state index contributed by atoms with van der Waals surface area (Å²) >= 11 is 0. The summed E-state index contributed by atoms with van der Waals surface area (Å²) in [5, 5.41) is 10.4. The van der Waals surface area contributed by atoms with E-state index in [9.17, 15) is 4.39 Å². The van der Waals surface area contributed by atoms with E-state index < -0.39 is 0 Å². The lowest BCUT2D eigenvalue weighted by atomic mass is 10.1. The van der Waals surface area contributed by atoms with Crippen molar-refractivity contribution in [2.24, 2.45) is 0 Å². The summed E-state index contributed by atoms with van der Waals surface area (Å²) in [6.07, 6.45) is 3.93. The summed E-state index contributed by atoms with van der Waals surface area (Å²) in [4.78, 5) is 0. The molecule has 0 saturated heterocycles. The maximum absolute atomic E-state index is 13.5. The minimum absolute atomic E-state index is 0.134.